The van der Waals surface area contributed by atoms with Crippen LogP contribution < -0.4 is 16.4 Å². The van der Waals surface area contributed by atoms with E-state index in [4.69, 9.17) is 5.73 Å². The molecule has 4 unspecified atom stereocenters. The Hall–Kier alpha value is -3.32. The van der Waals surface area contributed by atoms with Crippen LogP contribution in [0.2, 0.25) is 0 Å². The first-order valence-electron chi connectivity index (χ1n) is 14.7. The van der Waals surface area contributed by atoms with Gasteiger partial charge in [-0.25, -0.2) is 9.78 Å². The van der Waals surface area contributed by atoms with Crippen LogP contribution in [0.3, 0.4) is 0 Å². The molecule has 4 fully saturated rings. The Morgan fingerprint density at radius 3 is 2.67 bits per heavy atom. The summed E-state index contributed by atoms with van der Waals surface area (Å²) < 4.78 is 2.27. The van der Waals surface area contributed by atoms with Crippen molar-refractivity contribution in [2.24, 2.45) is 29.1 Å². The molecule has 1 aliphatic heterocycles. The fraction of sp³-hybridized carbons (Fsp3) is 0.500. The Labute approximate surface area is 230 Å². The van der Waals surface area contributed by atoms with Crippen molar-refractivity contribution in [3.63, 3.8) is 0 Å². The molecule has 4 bridgehead atoms. The summed E-state index contributed by atoms with van der Waals surface area (Å²) in [6.07, 6.45) is 12.7. The van der Waals surface area contributed by atoms with Gasteiger partial charge in [0, 0.05) is 23.5 Å². The molecule has 8 rings (SSSR count). The third-order valence-electron chi connectivity index (χ3n) is 10.4. The van der Waals surface area contributed by atoms with Crippen molar-refractivity contribution in [3.8, 4) is 11.3 Å². The van der Waals surface area contributed by atoms with Crippen LogP contribution in [0.1, 0.15) is 63.0 Å². The number of urea groups is 1. The maximum Gasteiger partial charge on any atom is 0.319 e. The highest BCUT2D eigenvalue weighted by atomic mass is 16.3. The lowest BCUT2D eigenvalue weighted by Gasteiger charge is -2.62. The number of hydrogen-bond acceptors (Lipinski definition) is 4. The highest BCUT2D eigenvalue weighted by Gasteiger charge is 2.57. The van der Waals surface area contributed by atoms with Gasteiger partial charge in [0.15, 0.2) is 0 Å². The van der Waals surface area contributed by atoms with Crippen molar-refractivity contribution in [3.05, 3.63) is 66.6 Å². The molecule has 0 saturated heterocycles. The quantitative estimate of drug-likeness (QED) is 0.219. The van der Waals surface area contributed by atoms with E-state index in [0.29, 0.717) is 24.1 Å². The van der Waals surface area contributed by atoms with Crippen molar-refractivity contribution < 1.29 is 9.90 Å². The number of rotatable bonds is 8. The minimum absolute atomic E-state index is 0.0580. The molecule has 2 aromatic carbocycles. The maximum absolute atomic E-state index is 12.3. The van der Waals surface area contributed by atoms with E-state index < -0.39 is 0 Å². The number of hydrogen-bond donors (Lipinski definition) is 4. The Bertz CT molecular complexity index is 1330. The van der Waals surface area contributed by atoms with E-state index in [2.05, 4.69) is 44.5 Å². The standard InChI is InChI=1S/C32H39N5O2/c33-23-7-9-24(10-8-23)36-31(39)35-11-3-6-25-21-12-20-13-22(25)17-32(15-20,16-21)30(38)14-28-26-4-1-2-5-27(26)29-18-34-19-37(28)29/h1-2,4-5,7-10,18-22,25,28,30,38H,3,6,11-17,33H2,(H2,35,36,39). The van der Waals surface area contributed by atoms with Crippen molar-refractivity contribution in [1.29, 1.82) is 0 Å². The van der Waals surface area contributed by atoms with Gasteiger partial charge in [0.1, 0.15) is 0 Å². The third kappa shape index (κ3) is 4.41. The molecule has 4 saturated carbocycles. The number of nitrogens with one attached hydrogen (secondary N) is 2. The van der Waals surface area contributed by atoms with Gasteiger partial charge in [-0.05, 0) is 110 Å². The first-order valence-corrected chi connectivity index (χ1v) is 14.7. The predicted molar refractivity (Wildman–Crippen MR) is 153 cm³/mol. The molecular weight excluding hydrogens is 486 g/mol. The van der Waals surface area contributed by atoms with Gasteiger partial charge in [0.05, 0.1) is 30.4 Å². The van der Waals surface area contributed by atoms with Crippen LogP contribution in [0.4, 0.5) is 16.2 Å². The van der Waals surface area contributed by atoms with Gasteiger partial charge in [-0.1, -0.05) is 24.3 Å². The SMILES string of the molecule is Nc1ccc(NC(=O)NCCCC2C3CC4CC2CC(C(O)CC2c5ccccc5-c5cncn52)(C4)C3)cc1. The Kier molecular flexibility index (Phi) is 6.14. The molecule has 204 valence electrons. The normalized spacial score (nSPS) is 30.5. The zero-order valence-electron chi connectivity index (χ0n) is 22.4. The molecule has 2 heterocycles. The van der Waals surface area contributed by atoms with E-state index in [1.54, 1.807) is 12.1 Å². The van der Waals surface area contributed by atoms with Gasteiger partial charge < -0.3 is 26.0 Å². The predicted octanol–water partition coefficient (Wildman–Crippen LogP) is 5.83. The van der Waals surface area contributed by atoms with Gasteiger partial charge >= 0.3 is 6.03 Å². The number of aromatic nitrogens is 2. The summed E-state index contributed by atoms with van der Waals surface area (Å²) in [5.41, 5.74) is 11.0. The average Bonchev–Trinajstić information content (AvgIpc) is 3.51. The van der Waals surface area contributed by atoms with Crippen molar-refractivity contribution in [1.82, 2.24) is 14.9 Å². The van der Waals surface area contributed by atoms with Gasteiger partial charge in [-0.3, -0.25) is 0 Å². The zero-order chi connectivity index (χ0) is 26.6. The Morgan fingerprint density at radius 2 is 1.87 bits per heavy atom. The van der Waals surface area contributed by atoms with E-state index in [0.717, 1.165) is 49.6 Å². The van der Waals surface area contributed by atoms with Gasteiger partial charge in [0.25, 0.3) is 0 Å². The summed E-state index contributed by atoms with van der Waals surface area (Å²) in [5, 5.41) is 17.8. The lowest BCUT2D eigenvalue weighted by atomic mass is 9.44. The van der Waals surface area contributed by atoms with Crippen LogP contribution >= 0.6 is 0 Å². The fourth-order valence-electron chi connectivity index (χ4n) is 8.99. The molecule has 2 amide bonds. The number of nitrogens with two attached hydrogens (primary N) is 1. The summed E-state index contributed by atoms with van der Waals surface area (Å²) in [5.74, 6) is 2.89. The van der Waals surface area contributed by atoms with Gasteiger partial charge in [-0.15, -0.1) is 0 Å². The number of fused-ring (bicyclic) bond motifs is 3. The number of nitrogen functional groups attached to an aromatic ring is 1. The number of carbonyl (C=O) groups is 1. The van der Waals surface area contributed by atoms with Crippen LogP contribution in [-0.4, -0.2) is 33.3 Å². The topological polar surface area (TPSA) is 105 Å². The summed E-state index contributed by atoms with van der Waals surface area (Å²) >= 11 is 0. The first-order chi connectivity index (χ1) is 19.0. The summed E-state index contributed by atoms with van der Waals surface area (Å²) in [6, 6.07) is 15.8. The molecule has 7 nitrogen and oxygen atoms in total. The number of aliphatic hydroxyl groups is 1. The summed E-state index contributed by atoms with van der Waals surface area (Å²) in [4.78, 5) is 16.7. The largest absolute Gasteiger partial charge is 0.399 e. The smallest absolute Gasteiger partial charge is 0.319 e. The lowest BCUT2D eigenvalue weighted by molar-refractivity contribution is -0.151. The summed E-state index contributed by atoms with van der Waals surface area (Å²) in [6.45, 7) is 0.683. The van der Waals surface area contributed by atoms with Crippen LogP contribution in [0.25, 0.3) is 11.3 Å². The second-order valence-electron chi connectivity index (χ2n) is 12.7. The van der Waals surface area contributed by atoms with E-state index in [-0.39, 0.29) is 23.6 Å². The number of benzene rings is 2. The highest BCUT2D eigenvalue weighted by molar-refractivity contribution is 5.89. The number of aliphatic hydroxyl groups excluding tert-OH is 1. The minimum Gasteiger partial charge on any atom is -0.399 e. The molecule has 1 aromatic heterocycles. The second kappa shape index (κ2) is 9.70. The number of imidazole rings is 1. The molecule has 0 radical (unpaired) electrons. The van der Waals surface area contributed by atoms with Crippen LogP contribution in [-0.2, 0) is 0 Å². The molecule has 3 aromatic rings. The van der Waals surface area contributed by atoms with E-state index in [1.807, 2.05) is 24.7 Å². The van der Waals surface area contributed by atoms with Crippen LogP contribution in [0.5, 0.6) is 0 Å². The monoisotopic (exact) mass is 525 g/mol. The van der Waals surface area contributed by atoms with Crippen molar-refractivity contribution in [2.75, 3.05) is 17.6 Å². The molecule has 5 aliphatic rings. The molecule has 4 aliphatic carbocycles. The molecule has 7 heteroatoms. The van der Waals surface area contributed by atoms with Crippen LogP contribution in [0, 0.1) is 29.1 Å². The van der Waals surface area contributed by atoms with Crippen molar-refractivity contribution >= 4 is 17.4 Å². The van der Waals surface area contributed by atoms with Crippen LogP contribution in [0.15, 0.2) is 61.1 Å². The maximum atomic E-state index is 12.3. The molecular formula is C32H39N5O2. The second-order valence-corrected chi connectivity index (χ2v) is 12.7. The molecule has 4 atom stereocenters. The highest BCUT2D eigenvalue weighted by Crippen LogP contribution is 2.65. The molecule has 0 spiro atoms. The average molecular weight is 526 g/mol. The van der Waals surface area contributed by atoms with E-state index in [9.17, 15) is 9.90 Å². The van der Waals surface area contributed by atoms with Gasteiger partial charge in [-0.2, -0.15) is 0 Å². The zero-order valence-corrected chi connectivity index (χ0v) is 22.4. The lowest BCUT2D eigenvalue weighted by Crippen LogP contribution is -2.55. The summed E-state index contributed by atoms with van der Waals surface area (Å²) in [7, 11) is 0. The number of amides is 2. The number of nitrogens with zero attached hydrogens (tertiary/aromatic N) is 2. The third-order valence-corrected chi connectivity index (χ3v) is 10.4. The van der Waals surface area contributed by atoms with Crippen molar-refractivity contribution in [2.45, 2.75) is 63.5 Å². The van der Waals surface area contributed by atoms with Gasteiger partial charge in [0.2, 0.25) is 0 Å². The van der Waals surface area contributed by atoms with E-state index >= 15 is 0 Å². The fourth-order valence-corrected chi connectivity index (χ4v) is 8.99. The Morgan fingerprint density at radius 1 is 1.10 bits per heavy atom. The van der Waals surface area contributed by atoms with E-state index in [1.165, 1.54) is 36.1 Å². The number of carbonyl (C=O) groups excluding carboxylic acids is 1. The number of anilines is 2. The minimum atomic E-state index is -0.295. The Balaban J connectivity index is 0.959. The molecule has 39 heavy (non-hydrogen) atoms. The molecule has 5 N–H and O–H groups in total. The first kappa shape index (κ1) is 24.7.